The highest BCUT2D eigenvalue weighted by atomic mass is 31.2. The molecule has 0 aromatic carbocycles. The van der Waals surface area contributed by atoms with Crippen LogP contribution in [0.25, 0.3) is 0 Å². The van der Waals surface area contributed by atoms with E-state index in [-0.39, 0.29) is 25.7 Å². The van der Waals surface area contributed by atoms with Gasteiger partial charge in [0, 0.05) is 25.7 Å². The lowest BCUT2D eigenvalue weighted by atomic mass is 10.0. The van der Waals surface area contributed by atoms with E-state index in [1.807, 2.05) is 0 Å². The molecule has 0 heterocycles. The van der Waals surface area contributed by atoms with Crippen LogP contribution in [0.1, 0.15) is 389 Å². The Morgan fingerprint density at radius 1 is 0.284 bits per heavy atom. The van der Waals surface area contributed by atoms with Crippen molar-refractivity contribution >= 4 is 39.5 Å². The van der Waals surface area contributed by atoms with Crippen molar-refractivity contribution in [3.8, 4) is 0 Å². The molecule has 0 aliphatic carbocycles. The van der Waals surface area contributed by atoms with Crippen LogP contribution >= 0.6 is 15.6 Å². The number of aliphatic hydroxyl groups excluding tert-OH is 1. The lowest BCUT2D eigenvalue weighted by Gasteiger charge is -2.21. The average molecular weight is 1400 g/mol. The molecule has 19 heteroatoms. The lowest BCUT2D eigenvalue weighted by molar-refractivity contribution is -0.161. The Labute approximate surface area is 581 Å². The summed E-state index contributed by atoms with van der Waals surface area (Å²) in [6, 6.07) is 0. The molecule has 0 saturated heterocycles. The largest absolute Gasteiger partial charge is 0.472 e. The molecule has 3 N–H and O–H groups in total. The van der Waals surface area contributed by atoms with Crippen molar-refractivity contribution in [1.29, 1.82) is 0 Å². The third kappa shape index (κ3) is 70.3. The molecular formula is C76H148O17P2. The summed E-state index contributed by atoms with van der Waals surface area (Å²) in [7, 11) is -9.91. The second-order valence-electron chi connectivity index (χ2n) is 28.8. The molecule has 0 aromatic heterocycles. The summed E-state index contributed by atoms with van der Waals surface area (Å²) < 4.78 is 68.5. The van der Waals surface area contributed by atoms with Crippen molar-refractivity contribution < 1.29 is 80.2 Å². The Hall–Kier alpha value is -1.94. The van der Waals surface area contributed by atoms with Crippen LogP contribution in [0, 0.1) is 17.8 Å². The van der Waals surface area contributed by atoms with Crippen molar-refractivity contribution in [2.45, 2.75) is 407 Å². The quantitative estimate of drug-likeness (QED) is 0.0222. The van der Waals surface area contributed by atoms with Crippen molar-refractivity contribution in [1.82, 2.24) is 0 Å². The van der Waals surface area contributed by atoms with Gasteiger partial charge in [-0.1, -0.05) is 337 Å². The van der Waals surface area contributed by atoms with E-state index in [4.69, 9.17) is 37.0 Å². The number of hydrogen-bond donors (Lipinski definition) is 3. The predicted molar refractivity (Wildman–Crippen MR) is 386 cm³/mol. The minimum Gasteiger partial charge on any atom is -0.462 e. The van der Waals surface area contributed by atoms with E-state index in [9.17, 15) is 43.2 Å². The van der Waals surface area contributed by atoms with Gasteiger partial charge in [-0.15, -0.1) is 0 Å². The predicted octanol–water partition coefficient (Wildman–Crippen LogP) is 22.2. The topological polar surface area (TPSA) is 237 Å². The van der Waals surface area contributed by atoms with E-state index in [0.29, 0.717) is 31.6 Å². The monoisotopic (exact) mass is 1400 g/mol. The van der Waals surface area contributed by atoms with E-state index >= 15 is 0 Å². The first-order valence-corrected chi connectivity index (χ1v) is 42.3. The summed E-state index contributed by atoms with van der Waals surface area (Å²) in [4.78, 5) is 72.8. The van der Waals surface area contributed by atoms with Gasteiger partial charge in [0.1, 0.15) is 19.3 Å². The van der Waals surface area contributed by atoms with E-state index in [1.54, 1.807) is 0 Å². The maximum absolute atomic E-state index is 13.1. The van der Waals surface area contributed by atoms with E-state index in [0.717, 1.165) is 108 Å². The minimum atomic E-state index is -4.96. The number of phosphoric ester groups is 2. The second kappa shape index (κ2) is 66.6. The third-order valence-electron chi connectivity index (χ3n) is 17.6. The zero-order chi connectivity index (χ0) is 70.1. The molecule has 17 nitrogen and oxygen atoms in total. The first kappa shape index (κ1) is 93.1. The van der Waals surface area contributed by atoms with Gasteiger partial charge in [0.05, 0.1) is 26.4 Å². The van der Waals surface area contributed by atoms with Crippen molar-refractivity contribution in [3.05, 3.63) is 0 Å². The molecule has 0 radical (unpaired) electrons. The first-order chi connectivity index (χ1) is 45.7. The fourth-order valence-electron chi connectivity index (χ4n) is 11.6. The average Bonchev–Trinajstić information content (AvgIpc) is 3.41. The third-order valence-corrected chi connectivity index (χ3v) is 19.5. The number of phosphoric acid groups is 2. The number of ether oxygens (including phenoxy) is 4. The number of carbonyl (C=O) groups is 4. The molecular weight excluding hydrogens is 1250 g/mol. The summed E-state index contributed by atoms with van der Waals surface area (Å²) in [5.74, 6) is 0.0867. The molecule has 0 amide bonds. The molecule has 0 aromatic rings. The lowest BCUT2D eigenvalue weighted by Crippen LogP contribution is -2.30. The smallest absolute Gasteiger partial charge is 0.462 e. The second-order valence-corrected chi connectivity index (χ2v) is 31.7. The highest BCUT2D eigenvalue weighted by Gasteiger charge is 2.30. The molecule has 95 heavy (non-hydrogen) atoms. The van der Waals surface area contributed by atoms with Gasteiger partial charge >= 0.3 is 39.5 Å². The number of carbonyl (C=O) groups excluding carboxylic acids is 4. The Kier molecular flexibility index (Phi) is 65.2. The molecule has 5 atom stereocenters. The van der Waals surface area contributed by atoms with Crippen LogP contribution in [-0.4, -0.2) is 96.7 Å². The fourth-order valence-corrected chi connectivity index (χ4v) is 13.2. The first-order valence-electron chi connectivity index (χ1n) is 39.3. The number of esters is 4. The van der Waals surface area contributed by atoms with Gasteiger partial charge in [-0.25, -0.2) is 9.13 Å². The van der Waals surface area contributed by atoms with E-state index in [2.05, 4.69) is 48.5 Å². The standard InChI is InChI=1S/C76H148O17P2/c1-8-9-10-11-12-13-14-15-16-17-18-19-22-26-31-36-45-52-59-75(80)92-71(63-86-73(78)57-50-43-35-30-25-23-20-21-24-28-33-40-47-54-67(2)3)65-90-94(82,83)88-61-70(77)62-89-95(84,85)91-66-72(64-87-74(79)58-51-44-39-38-42-49-56-69(6)7)93-76(81)60-53-46-37-32-27-29-34-41-48-55-68(4)5/h67-72,77H,8-66H2,1-7H3,(H,82,83)(H,84,85)/t70-,71-,72-/m1/s1. The molecule has 0 aliphatic heterocycles. The van der Waals surface area contributed by atoms with Gasteiger partial charge in [-0.3, -0.25) is 37.3 Å². The SMILES string of the molecule is CCCCCCCCCCCCCCCCCCCCC(=O)O[C@H](COC(=O)CCCCCCCCCCCCCCCC(C)C)COP(=O)(O)OC[C@@H](O)COP(=O)(O)OC[C@@H](COC(=O)CCCCCCCCC(C)C)OC(=O)CCCCCCCCCCCC(C)C. The maximum atomic E-state index is 13.1. The summed E-state index contributed by atoms with van der Waals surface area (Å²) in [5.41, 5.74) is 0. The summed E-state index contributed by atoms with van der Waals surface area (Å²) in [6.45, 7) is 11.8. The van der Waals surface area contributed by atoms with Crippen LogP contribution in [0.3, 0.4) is 0 Å². The maximum Gasteiger partial charge on any atom is 0.472 e. The molecule has 564 valence electrons. The molecule has 0 fully saturated rings. The van der Waals surface area contributed by atoms with Crippen molar-refractivity contribution in [2.24, 2.45) is 17.8 Å². The molecule has 0 bridgehead atoms. The van der Waals surface area contributed by atoms with Crippen molar-refractivity contribution in [2.75, 3.05) is 39.6 Å². The van der Waals surface area contributed by atoms with Crippen LogP contribution in [0.2, 0.25) is 0 Å². The van der Waals surface area contributed by atoms with Gasteiger partial charge in [-0.2, -0.15) is 0 Å². The number of rotatable bonds is 74. The van der Waals surface area contributed by atoms with Crippen LogP contribution in [0.4, 0.5) is 0 Å². The number of hydrogen-bond acceptors (Lipinski definition) is 15. The minimum absolute atomic E-state index is 0.104. The Balaban J connectivity index is 5.23. The molecule has 0 spiro atoms. The Morgan fingerprint density at radius 2 is 0.484 bits per heavy atom. The zero-order valence-corrected chi connectivity index (χ0v) is 63.9. The number of aliphatic hydroxyl groups is 1. The molecule has 0 saturated carbocycles. The van der Waals surface area contributed by atoms with Gasteiger partial charge in [0.15, 0.2) is 12.2 Å². The highest BCUT2D eigenvalue weighted by Crippen LogP contribution is 2.45. The van der Waals surface area contributed by atoms with Crippen LogP contribution in [0.15, 0.2) is 0 Å². The summed E-state index contributed by atoms with van der Waals surface area (Å²) in [5, 5.41) is 10.6. The zero-order valence-electron chi connectivity index (χ0n) is 62.1. The molecule has 2 unspecified atom stereocenters. The Morgan fingerprint density at radius 3 is 0.716 bits per heavy atom. The van der Waals surface area contributed by atoms with Gasteiger partial charge in [0.25, 0.3) is 0 Å². The van der Waals surface area contributed by atoms with E-state index in [1.165, 1.54) is 193 Å². The van der Waals surface area contributed by atoms with Gasteiger partial charge in [0.2, 0.25) is 0 Å². The van der Waals surface area contributed by atoms with Crippen LogP contribution in [0.5, 0.6) is 0 Å². The Bertz CT molecular complexity index is 1850. The van der Waals surface area contributed by atoms with Crippen LogP contribution < -0.4 is 0 Å². The molecule has 0 aliphatic rings. The fraction of sp³-hybridized carbons (Fsp3) is 0.947. The van der Waals surface area contributed by atoms with Gasteiger partial charge in [-0.05, 0) is 43.4 Å². The van der Waals surface area contributed by atoms with Gasteiger partial charge < -0.3 is 33.8 Å². The summed E-state index contributed by atoms with van der Waals surface area (Å²) >= 11 is 0. The summed E-state index contributed by atoms with van der Waals surface area (Å²) in [6.07, 6.45) is 52.9. The highest BCUT2D eigenvalue weighted by molar-refractivity contribution is 7.47. The van der Waals surface area contributed by atoms with Crippen LogP contribution in [-0.2, 0) is 65.4 Å². The number of unbranched alkanes of at least 4 members (excludes halogenated alkanes) is 42. The van der Waals surface area contributed by atoms with E-state index < -0.39 is 97.5 Å². The normalized spacial score (nSPS) is 14.1. The van der Waals surface area contributed by atoms with Crippen molar-refractivity contribution in [3.63, 3.8) is 0 Å². The molecule has 0 rings (SSSR count).